The van der Waals surface area contributed by atoms with Gasteiger partial charge in [-0.1, -0.05) is 18.0 Å². The fourth-order valence-electron chi connectivity index (χ4n) is 4.17. The number of carbonyl (C=O) groups is 1. The van der Waals surface area contributed by atoms with Gasteiger partial charge < -0.3 is 23.6 Å². The molecule has 9 heteroatoms. The van der Waals surface area contributed by atoms with Crippen molar-refractivity contribution >= 4 is 17.5 Å². The fraction of sp³-hybridized carbons (Fsp3) is 0.455. The summed E-state index contributed by atoms with van der Waals surface area (Å²) in [5.74, 6) is 2.68. The largest absolute Gasteiger partial charge is 0.461 e. The zero-order chi connectivity index (χ0) is 21.0. The number of rotatable bonds is 4. The standard InChI is InChI=1S/C22H26N6O3/c29-22(17-16-19(31-25-17)18-6-5-15-30-18)28-13-11-27(12-14-28)21-8-7-20(23-24-21)26-9-3-1-2-4-10-26/h5-8,15-16H,1-4,9-14H2. The summed E-state index contributed by atoms with van der Waals surface area (Å²) in [6.07, 6.45) is 6.58. The van der Waals surface area contributed by atoms with E-state index in [2.05, 4.69) is 31.2 Å². The van der Waals surface area contributed by atoms with E-state index in [0.29, 0.717) is 43.4 Å². The highest BCUT2D eigenvalue weighted by atomic mass is 16.5. The summed E-state index contributed by atoms with van der Waals surface area (Å²) in [5, 5.41) is 12.8. The summed E-state index contributed by atoms with van der Waals surface area (Å²) >= 11 is 0. The van der Waals surface area contributed by atoms with Crippen molar-refractivity contribution in [1.82, 2.24) is 20.3 Å². The Hall–Kier alpha value is -3.36. The molecule has 0 spiro atoms. The normalized spacial score (nSPS) is 17.6. The quantitative estimate of drug-likeness (QED) is 0.633. The van der Waals surface area contributed by atoms with Crippen molar-refractivity contribution < 1.29 is 13.7 Å². The number of nitrogens with zero attached hydrogens (tertiary/aromatic N) is 6. The Balaban J connectivity index is 1.18. The van der Waals surface area contributed by atoms with Crippen LogP contribution in [-0.2, 0) is 0 Å². The first-order valence-electron chi connectivity index (χ1n) is 10.9. The van der Waals surface area contributed by atoms with Crippen LogP contribution in [-0.4, -0.2) is 65.4 Å². The first-order chi connectivity index (χ1) is 15.3. The number of hydrogen-bond donors (Lipinski definition) is 0. The van der Waals surface area contributed by atoms with Crippen molar-refractivity contribution in [3.8, 4) is 11.5 Å². The Morgan fingerprint density at radius 2 is 1.48 bits per heavy atom. The van der Waals surface area contributed by atoms with Crippen LogP contribution in [0, 0.1) is 0 Å². The van der Waals surface area contributed by atoms with Gasteiger partial charge >= 0.3 is 0 Å². The molecule has 0 aliphatic carbocycles. The van der Waals surface area contributed by atoms with Gasteiger partial charge in [-0.05, 0) is 37.1 Å². The fourth-order valence-corrected chi connectivity index (χ4v) is 4.17. The maximum Gasteiger partial charge on any atom is 0.276 e. The molecule has 162 valence electrons. The Labute approximate surface area is 180 Å². The monoisotopic (exact) mass is 422 g/mol. The lowest BCUT2D eigenvalue weighted by molar-refractivity contribution is 0.0736. The van der Waals surface area contributed by atoms with Crippen LogP contribution in [0.4, 0.5) is 11.6 Å². The van der Waals surface area contributed by atoms with Gasteiger partial charge in [-0.15, -0.1) is 10.2 Å². The topological polar surface area (TPSA) is 91.7 Å². The highest BCUT2D eigenvalue weighted by molar-refractivity contribution is 5.93. The first kappa shape index (κ1) is 19.6. The van der Waals surface area contributed by atoms with Gasteiger partial charge in [0.25, 0.3) is 5.91 Å². The molecule has 0 atom stereocenters. The molecule has 5 heterocycles. The van der Waals surface area contributed by atoms with Crippen molar-refractivity contribution in [2.45, 2.75) is 25.7 Å². The number of amides is 1. The van der Waals surface area contributed by atoms with Crippen LogP contribution in [0.5, 0.6) is 0 Å². The lowest BCUT2D eigenvalue weighted by Gasteiger charge is -2.34. The molecule has 31 heavy (non-hydrogen) atoms. The lowest BCUT2D eigenvalue weighted by atomic mass is 10.2. The number of carbonyl (C=O) groups excluding carboxylic acids is 1. The van der Waals surface area contributed by atoms with Crippen molar-refractivity contribution in [3.63, 3.8) is 0 Å². The van der Waals surface area contributed by atoms with Gasteiger partial charge in [0.2, 0.25) is 5.76 Å². The molecule has 0 saturated carbocycles. The second-order valence-corrected chi connectivity index (χ2v) is 7.98. The van der Waals surface area contributed by atoms with Crippen LogP contribution in [0.2, 0.25) is 0 Å². The van der Waals surface area contributed by atoms with Crippen molar-refractivity contribution in [2.24, 2.45) is 0 Å². The lowest BCUT2D eigenvalue weighted by Crippen LogP contribution is -2.49. The average Bonchev–Trinajstić information content (AvgIpc) is 3.46. The molecule has 0 radical (unpaired) electrons. The first-order valence-corrected chi connectivity index (χ1v) is 10.9. The van der Waals surface area contributed by atoms with Crippen LogP contribution in [0.3, 0.4) is 0 Å². The molecule has 0 bridgehead atoms. The highest BCUT2D eigenvalue weighted by Gasteiger charge is 2.26. The SMILES string of the molecule is O=C(c1cc(-c2ccco2)on1)N1CCN(c2ccc(N3CCCCCC3)nn2)CC1. The summed E-state index contributed by atoms with van der Waals surface area (Å²) < 4.78 is 10.5. The van der Waals surface area contributed by atoms with E-state index >= 15 is 0 Å². The minimum absolute atomic E-state index is 0.135. The Kier molecular flexibility index (Phi) is 5.56. The smallest absolute Gasteiger partial charge is 0.276 e. The number of hydrogen-bond acceptors (Lipinski definition) is 8. The van der Waals surface area contributed by atoms with Crippen LogP contribution in [0.1, 0.15) is 36.2 Å². The second kappa shape index (κ2) is 8.79. The Bertz CT molecular complexity index is 985. The number of furan rings is 1. The molecule has 3 aromatic heterocycles. The third-order valence-corrected chi connectivity index (χ3v) is 5.95. The van der Waals surface area contributed by atoms with E-state index in [4.69, 9.17) is 8.94 Å². The van der Waals surface area contributed by atoms with E-state index in [1.165, 1.54) is 25.7 Å². The minimum Gasteiger partial charge on any atom is -0.461 e. The van der Waals surface area contributed by atoms with Crippen molar-refractivity contribution in [3.05, 3.63) is 42.3 Å². The molecule has 2 fully saturated rings. The van der Waals surface area contributed by atoms with E-state index in [-0.39, 0.29) is 5.91 Å². The predicted molar refractivity (Wildman–Crippen MR) is 115 cm³/mol. The van der Waals surface area contributed by atoms with Gasteiger partial charge in [0, 0.05) is 45.3 Å². The van der Waals surface area contributed by atoms with E-state index in [1.54, 1.807) is 29.4 Å². The molecule has 2 aliphatic heterocycles. The summed E-state index contributed by atoms with van der Waals surface area (Å²) in [7, 11) is 0. The van der Waals surface area contributed by atoms with E-state index in [0.717, 1.165) is 24.7 Å². The van der Waals surface area contributed by atoms with E-state index < -0.39 is 0 Å². The molecule has 5 rings (SSSR count). The van der Waals surface area contributed by atoms with Crippen LogP contribution in [0.15, 0.2) is 45.5 Å². The number of aromatic nitrogens is 3. The van der Waals surface area contributed by atoms with Gasteiger partial charge in [-0.3, -0.25) is 4.79 Å². The highest BCUT2D eigenvalue weighted by Crippen LogP contribution is 2.23. The number of anilines is 2. The van der Waals surface area contributed by atoms with Gasteiger partial charge in [0.15, 0.2) is 23.1 Å². The van der Waals surface area contributed by atoms with Crippen LogP contribution < -0.4 is 9.80 Å². The van der Waals surface area contributed by atoms with Gasteiger partial charge in [0.05, 0.1) is 6.26 Å². The molecule has 0 unspecified atom stereocenters. The van der Waals surface area contributed by atoms with Crippen LogP contribution >= 0.6 is 0 Å². The third-order valence-electron chi connectivity index (χ3n) is 5.95. The minimum atomic E-state index is -0.135. The average molecular weight is 422 g/mol. The molecular formula is C22H26N6O3. The molecule has 2 saturated heterocycles. The van der Waals surface area contributed by atoms with Gasteiger partial charge in [-0.2, -0.15) is 0 Å². The summed E-state index contributed by atoms with van der Waals surface area (Å²) in [4.78, 5) is 19.1. The molecule has 2 aliphatic rings. The molecule has 0 aromatic carbocycles. The summed E-state index contributed by atoms with van der Waals surface area (Å²) in [5.41, 5.74) is 0.293. The Morgan fingerprint density at radius 3 is 2.10 bits per heavy atom. The summed E-state index contributed by atoms with van der Waals surface area (Å²) in [6.45, 7) is 4.70. The Morgan fingerprint density at radius 1 is 0.806 bits per heavy atom. The number of piperazine rings is 1. The summed E-state index contributed by atoms with van der Waals surface area (Å²) in [6, 6.07) is 9.27. The van der Waals surface area contributed by atoms with Crippen molar-refractivity contribution in [1.29, 1.82) is 0 Å². The predicted octanol–water partition coefficient (Wildman–Crippen LogP) is 3.07. The molecule has 0 N–H and O–H groups in total. The zero-order valence-electron chi connectivity index (χ0n) is 17.4. The molecule has 3 aromatic rings. The van der Waals surface area contributed by atoms with E-state index in [1.807, 2.05) is 6.07 Å². The zero-order valence-corrected chi connectivity index (χ0v) is 17.4. The maximum atomic E-state index is 12.8. The van der Waals surface area contributed by atoms with Gasteiger partial charge in [0.1, 0.15) is 0 Å². The van der Waals surface area contributed by atoms with Crippen LogP contribution in [0.25, 0.3) is 11.5 Å². The molecular weight excluding hydrogens is 396 g/mol. The molecule has 9 nitrogen and oxygen atoms in total. The maximum absolute atomic E-state index is 12.8. The van der Waals surface area contributed by atoms with E-state index in [9.17, 15) is 4.79 Å². The van der Waals surface area contributed by atoms with Crippen molar-refractivity contribution in [2.75, 3.05) is 49.1 Å². The van der Waals surface area contributed by atoms with Gasteiger partial charge in [-0.25, -0.2) is 0 Å². The second-order valence-electron chi connectivity index (χ2n) is 7.98. The third kappa shape index (κ3) is 4.26. The molecule has 1 amide bonds.